The average Bonchev–Trinajstić information content (AvgIpc) is 2.44. The van der Waals surface area contributed by atoms with Gasteiger partial charge in [0.15, 0.2) is 0 Å². The van der Waals surface area contributed by atoms with Crippen LogP contribution in [0.3, 0.4) is 0 Å². The normalized spacial score (nSPS) is 11.5. The van der Waals surface area contributed by atoms with Gasteiger partial charge in [0.2, 0.25) is 0 Å². The van der Waals surface area contributed by atoms with Gasteiger partial charge in [-0.3, -0.25) is 0 Å². The molecule has 0 saturated heterocycles. The minimum absolute atomic E-state index is 0.343. The van der Waals surface area contributed by atoms with E-state index >= 15 is 0 Å². The van der Waals surface area contributed by atoms with Crippen LogP contribution in [0.1, 0.15) is 51.2 Å². The lowest BCUT2D eigenvalue weighted by Crippen LogP contribution is -2.15. The first-order chi connectivity index (χ1) is 10.0. The quantitative estimate of drug-likeness (QED) is 0.530. The second-order valence-electron chi connectivity index (χ2n) is 5.75. The molecule has 0 unspecified atom stereocenters. The molecular weight excluding hydrogens is 258 g/mol. The molecule has 2 N–H and O–H groups in total. The molecule has 0 bridgehead atoms. The van der Waals surface area contributed by atoms with Crippen LogP contribution in [0.2, 0.25) is 0 Å². The summed E-state index contributed by atoms with van der Waals surface area (Å²) in [4.78, 5) is 0. The van der Waals surface area contributed by atoms with Gasteiger partial charge < -0.3 is 10.4 Å². The summed E-state index contributed by atoms with van der Waals surface area (Å²) >= 11 is 0. The summed E-state index contributed by atoms with van der Waals surface area (Å²) < 4.78 is 0. The van der Waals surface area contributed by atoms with Gasteiger partial charge in [-0.1, -0.05) is 37.1 Å². The number of hydrogen-bond acceptors (Lipinski definition) is 2. The SMILES string of the molecule is CCC/C=C(/CCNCC=C(C)C)c1cc(O)ccc1C. The van der Waals surface area contributed by atoms with Crippen molar-refractivity contribution in [3.63, 3.8) is 0 Å². The van der Waals surface area contributed by atoms with Gasteiger partial charge in [0.25, 0.3) is 0 Å². The Labute approximate surface area is 129 Å². The summed E-state index contributed by atoms with van der Waals surface area (Å²) in [5.74, 6) is 0.343. The van der Waals surface area contributed by atoms with E-state index in [4.69, 9.17) is 0 Å². The van der Waals surface area contributed by atoms with Gasteiger partial charge >= 0.3 is 0 Å². The predicted octanol–water partition coefficient (Wildman–Crippen LogP) is 4.83. The molecule has 2 nitrogen and oxygen atoms in total. The first kappa shape index (κ1) is 17.5. The molecule has 0 aromatic heterocycles. The van der Waals surface area contributed by atoms with E-state index in [-0.39, 0.29) is 0 Å². The third kappa shape index (κ3) is 6.63. The van der Waals surface area contributed by atoms with Gasteiger partial charge in [0.1, 0.15) is 5.75 Å². The van der Waals surface area contributed by atoms with Crippen LogP contribution in [-0.2, 0) is 0 Å². The molecule has 0 amide bonds. The summed E-state index contributed by atoms with van der Waals surface area (Å²) in [6.45, 7) is 10.4. The van der Waals surface area contributed by atoms with Gasteiger partial charge in [-0.15, -0.1) is 0 Å². The molecule has 0 spiro atoms. The van der Waals surface area contributed by atoms with Crippen LogP contribution in [0.25, 0.3) is 5.57 Å². The third-order valence-electron chi connectivity index (χ3n) is 3.47. The molecule has 0 aliphatic carbocycles. The van der Waals surface area contributed by atoms with E-state index in [1.165, 1.54) is 22.3 Å². The van der Waals surface area contributed by atoms with Gasteiger partial charge in [-0.2, -0.15) is 0 Å². The minimum atomic E-state index is 0.343. The van der Waals surface area contributed by atoms with E-state index in [1.54, 1.807) is 6.07 Å². The topological polar surface area (TPSA) is 32.3 Å². The van der Waals surface area contributed by atoms with Crippen LogP contribution in [-0.4, -0.2) is 18.2 Å². The number of aromatic hydroxyl groups is 1. The maximum Gasteiger partial charge on any atom is 0.116 e. The Hall–Kier alpha value is -1.54. The number of aryl methyl sites for hydroxylation is 1. The van der Waals surface area contributed by atoms with E-state index in [0.717, 1.165) is 32.4 Å². The van der Waals surface area contributed by atoms with Crippen LogP contribution in [0.4, 0.5) is 0 Å². The summed E-state index contributed by atoms with van der Waals surface area (Å²) in [5.41, 5.74) is 5.06. The van der Waals surface area contributed by atoms with Crippen LogP contribution >= 0.6 is 0 Å². The average molecular weight is 287 g/mol. The highest BCUT2D eigenvalue weighted by atomic mass is 16.3. The molecule has 0 fully saturated rings. The lowest BCUT2D eigenvalue weighted by molar-refractivity contribution is 0.475. The predicted molar refractivity (Wildman–Crippen MR) is 92.6 cm³/mol. The molecule has 0 saturated carbocycles. The van der Waals surface area contributed by atoms with E-state index in [0.29, 0.717) is 5.75 Å². The largest absolute Gasteiger partial charge is 0.508 e. The standard InChI is InChI=1S/C19H29NO/c1-5-6-7-17(11-13-20-12-10-15(2)3)19-14-18(21)9-8-16(19)4/h7-10,14,20-21H,5-6,11-13H2,1-4H3/b17-7-. The van der Waals surface area contributed by atoms with Crippen LogP contribution in [0, 0.1) is 6.92 Å². The smallest absolute Gasteiger partial charge is 0.116 e. The molecule has 0 aliphatic rings. The van der Waals surface area contributed by atoms with Crippen molar-refractivity contribution in [1.29, 1.82) is 0 Å². The van der Waals surface area contributed by atoms with Crippen LogP contribution < -0.4 is 5.32 Å². The first-order valence-electron chi connectivity index (χ1n) is 7.87. The molecule has 0 atom stereocenters. The fourth-order valence-electron chi connectivity index (χ4n) is 2.22. The molecule has 2 heteroatoms. The highest BCUT2D eigenvalue weighted by molar-refractivity contribution is 5.69. The number of unbranched alkanes of at least 4 members (excludes halogenated alkanes) is 1. The highest BCUT2D eigenvalue weighted by Gasteiger charge is 2.06. The minimum Gasteiger partial charge on any atom is -0.508 e. The molecular formula is C19H29NO. The number of phenols is 1. The second-order valence-corrected chi connectivity index (χ2v) is 5.75. The van der Waals surface area contributed by atoms with Crippen molar-refractivity contribution in [1.82, 2.24) is 5.32 Å². The van der Waals surface area contributed by atoms with Crippen molar-refractivity contribution in [2.75, 3.05) is 13.1 Å². The summed E-state index contributed by atoms with van der Waals surface area (Å²) in [7, 11) is 0. The fourth-order valence-corrected chi connectivity index (χ4v) is 2.22. The maximum absolute atomic E-state index is 9.73. The summed E-state index contributed by atoms with van der Waals surface area (Å²) in [6, 6.07) is 5.62. The van der Waals surface area contributed by atoms with Gasteiger partial charge in [0.05, 0.1) is 0 Å². The molecule has 1 aromatic rings. The Bertz CT molecular complexity index is 496. The summed E-state index contributed by atoms with van der Waals surface area (Å²) in [5, 5.41) is 13.2. The number of rotatable bonds is 8. The van der Waals surface area contributed by atoms with Crippen LogP contribution in [0.5, 0.6) is 5.75 Å². The van der Waals surface area contributed by atoms with Crippen molar-refractivity contribution in [3.8, 4) is 5.75 Å². The molecule has 21 heavy (non-hydrogen) atoms. The molecule has 116 valence electrons. The molecule has 1 aromatic carbocycles. The zero-order valence-electron chi connectivity index (χ0n) is 13.9. The number of phenolic OH excluding ortho intramolecular Hbond substituents is 1. The zero-order valence-corrected chi connectivity index (χ0v) is 13.9. The monoisotopic (exact) mass is 287 g/mol. The number of benzene rings is 1. The Morgan fingerprint density at radius 3 is 2.67 bits per heavy atom. The Morgan fingerprint density at radius 1 is 1.24 bits per heavy atom. The van der Waals surface area contributed by atoms with Crippen molar-refractivity contribution in [2.24, 2.45) is 0 Å². The van der Waals surface area contributed by atoms with Gasteiger partial charge in [-0.05, 0) is 69.0 Å². The van der Waals surface area contributed by atoms with E-state index < -0.39 is 0 Å². The molecule has 0 aliphatic heterocycles. The lowest BCUT2D eigenvalue weighted by Gasteiger charge is -2.12. The third-order valence-corrected chi connectivity index (χ3v) is 3.47. The molecule has 0 radical (unpaired) electrons. The van der Waals surface area contributed by atoms with Crippen molar-refractivity contribution >= 4 is 5.57 Å². The molecule has 1 rings (SSSR count). The van der Waals surface area contributed by atoms with Gasteiger partial charge in [-0.25, -0.2) is 0 Å². The van der Waals surface area contributed by atoms with Crippen molar-refractivity contribution in [3.05, 3.63) is 47.1 Å². The van der Waals surface area contributed by atoms with Crippen LogP contribution in [0.15, 0.2) is 35.9 Å². The molecule has 0 heterocycles. The van der Waals surface area contributed by atoms with Crippen molar-refractivity contribution in [2.45, 2.75) is 47.0 Å². The Kier molecular flexibility index (Phi) is 7.84. The second kappa shape index (κ2) is 9.41. The highest BCUT2D eigenvalue weighted by Crippen LogP contribution is 2.26. The van der Waals surface area contributed by atoms with Gasteiger partial charge in [0, 0.05) is 6.54 Å². The fraction of sp³-hybridized carbons (Fsp3) is 0.474. The van der Waals surface area contributed by atoms with E-state index in [2.05, 4.69) is 45.2 Å². The zero-order chi connectivity index (χ0) is 15.7. The van der Waals surface area contributed by atoms with E-state index in [9.17, 15) is 5.11 Å². The first-order valence-corrected chi connectivity index (χ1v) is 7.87. The van der Waals surface area contributed by atoms with Crippen molar-refractivity contribution < 1.29 is 5.11 Å². The Morgan fingerprint density at radius 2 is 2.00 bits per heavy atom. The maximum atomic E-state index is 9.73. The number of hydrogen-bond donors (Lipinski definition) is 2. The Balaban J connectivity index is 2.72. The number of allylic oxidation sites excluding steroid dienone is 2. The van der Waals surface area contributed by atoms with E-state index in [1.807, 2.05) is 12.1 Å². The summed E-state index contributed by atoms with van der Waals surface area (Å²) in [6.07, 6.45) is 7.73. The number of nitrogens with one attached hydrogen (secondary N) is 1. The lowest BCUT2D eigenvalue weighted by atomic mass is 9.96.